The molecule has 1 unspecified atom stereocenters. The van der Waals surface area contributed by atoms with Crippen molar-refractivity contribution in [3.8, 4) is 0 Å². The Morgan fingerprint density at radius 2 is 2.21 bits per heavy atom. The molecular weight excluding hydrogens is 246 g/mol. The van der Waals surface area contributed by atoms with E-state index in [2.05, 4.69) is 4.90 Å². The molecule has 1 atom stereocenters. The van der Waals surface area contributed by atoms with Crippen LogP contribution >= 0.6 is 0 Å². The summed E-state index contributed by atoms with van der Waals surface area (Å²) >= 11 is 0. The molecule has 1 aromatic carbocycles. The molecule has 1 fully saturated rings. The van der Waals surface area contributed by atoms with Crippen molar-refractivity contribution >= 4 is 5.97 Å². The minimum atomic E-state index is -0.902. The number of carboxylic acids is 1. The van der Waals surface area contributed by atoms with Crippen molar-refractivity contribution in [1.29, 1.82) is 0 Å². The van der Waals surface area contributed by atoms with Gasteiger partial charge in [-0.05, 0) is 11.6 Å². The van der Waals surface area contributed by atoms with E-state index >= 15 is 0 Å². The molecular formula is C14H19NO4. The fraction of sp³-hybridized carbons (Fsp3) is 0.500. The van der Waals surface area contributed by atoms with E-state index in [4.69, 9.17) is 9.84 Å². The summed E-state index contributed by atoms with van der Waals surface area (Å²) in [6.45, 7) is 3.33. The Balaban J connectivity index is 2.09. The molecule has 1 heterocycles. The number of aromatic carboxylic acids is 1. The predicted octanol–water partition coefficient (Wildman–Crippen LogP) is 0.826. The summed E-state index contributed by atoms with van der Waals surface area (Å²) in [5.74, 6) is -0.806. The van der Waals surface area contributed by atoms with Gasteiger partial charge >= 0.3 is 5.97 Å². The number of aliphatic hydroxyl groups excluding tert-OH is 1. The zero-order valence-corrected chi connectivity index (χ0v) is 10.8. The average Bonchev–Trinajstić information content (AvgIpc) is 2.64. The van der Waals surface area contributed by atoms with E-state index in [1.807, 2.05) is 12.1 Å². The topological polar surface area (TPSA) is 70.0 Å². The Labute approximate surface area is 112 Å². The van der Waals surface area contributed by atoms with Crippen LogP contribution in [0.3, 0.4) is 0 Å². The molecule has 1 aromatic rings. The van der Waals surface area contributed by atoms with Crippen molar-refractivity contribution in [2.75, 3.05) is 32.9 Å². The van der Waals surface area contributed by atoms with Crippen LogP contribution in [0.2, 0.25) is 0 Å². The molecule has 5 nitrogen and oxygen atoms in total. The van der Waals surface area contributed by atoms with Gasteiger partial charge in [0.05, 0.1) is 18.8 Å². The molecule has 2 N–H and O–H groups in total. The van der Waals surface area contributed by atoms with E-state index in [1.54, 1.807) is 12.1 Å². The van der Waals surface area contributed by atoms with Crippen molar-refractivity contribution < 1.29 is 19.7 Å². The summed E-state index contributed by atoms with van der Waals surface area (Å²) in [6.07, 6.45) is 0. The molecule has 2 rings (SSSR count). The molecule has 0 aromatic heterocycles. The van der Waals surface area contributed by atoms with Gasteiger partial charge in [-0.25, -0.2) is 4.79 Å². The van der Waals surface area contributed by atoms with Crippen LogP contribution in [0.1, 0.15) is 15.9 Å². The smallest absolute Gasteiger partial charge is 0.336 e. The third-order valence-corrected chi connectivity index (χ3v) is 3.32. The maximum atomic E-state index is 11.2. The second kappa shape index (κ2) is 6.65. The van der Waals surface area contributed by atoms with Crippen molar-refractivity contribution in [2.24, 2.45) is 5.92 Å². The van der Waals surface area contributed by atoms with Gasteiger partial charge in [-0.15, -0.1) is 0 Å². The number of hydrogen-bond donors (Lipinski definition) is 2. The third kappa shape index (κ3) is 3.76. The van der Waals surface area contributed by atoms with Gasteiger partial charge in [0.2, 0.25) is 0 Å². The Bertz CT molecular complexity index is 435. The van der Waals surface area contributed by atoms with Gasteiger partial charge in [0.15, 0.2) is 0 Å². The molecule has 5 heteroatoms. The molecule has 1 aliphatic rings. The molecule has 0 amide bonds. The lowest BCUT2D eigenvalue weighted by atomic mass is 10.1. The van der Waals surface area contributed by atoms with Gasteiger partial charge in [0.1, 0.15) is 0 Å². The van der Waals surface area contributed by atoms with E-state index in [9.17, 15) is 9.90 Å². The highest BCUT2D eigenvalue weighted by Gasteiger charge is 2.19. The van der Waals surface area contributed by atoms with Gasteiger partial charge in [0, 0.05) is 32.2 Å². The summed E-state index contributed by atoms with van der Waals surface area (Å²) < 4.78 is 5.43. The lowest BCUT2D eigenvalue weighted by Gasteiger charge is -2.23. The number of nitrogens with zero attached hydrogens (tertiary/aromatic N) is 1. The summed E-state index contributed by atoms with van der Waals surface area (Å²) in [6, 6.07) is 7.04. The number of ether oxygens (including phenoxy) is 1. The minimum absolute atomic E-state index is 0.0943. The first kappa shape index (κ1) is 14.0. The molecule has 19 heavy (non-hydrogen) atoms. The van der Waals surface area contributed by atoms with Crippen LogP contribution in [0.4, 0.5) is 0 Å². The first-order valence-corrected chi connectivity index (χ1v) is 6.43. The Kier molecular flexibility index (Phi) is 4.90. The van der Waals surface area contributed by atoms with Gasteiger partial charge in [-0.1, -0.05) is 18.2 Å². The zero-order chi connectivity index (χ0) is 13.7. The van der Waals surface area contributed by atoms with Crippen LogP contribution in [0.15, 0.2) is 24.3 Å². The third-order valence-electron chi connectivity index (χ3n) is 3.32. The average molecular weight is 265 g/mol. The van der Waals surface area contributed by atoms with Crippen LogP contribution in [0.5, 0.6) is 0 Å². The quantitative estimate of drug-likeness (QED) is 0.843. The van der Waals surface area contributed by atoms with Crippen LogP contribution in [0, 0.1) is 5.92 Å². The first-order valence-electron chi connectivity index (χ1n) is 6.43. The number of rotatable bonds is 4. The zero-order valence-electron chi connectivity index (χ0n) is 10.8. The van der Waals surface area contributed by atoms with E-state index in [0.717, 1.165) is 18.7 Å². The van der Waals surface area contributed by atoms with Crippen molar-refractivity contribution in [3.05, 3.63) is 35.4 Å². The standard InChI is InChI=1S/C14H19NO4/c16-9-11-7-15(5-6-19-10-11)8-12-3-1-2-4-13(12)14(17)18/h1-4,11,16H,5-10H2,(H,17,18). The summed E-state index contributed by atoms with van der Waals surface area (Å²) in [5, 5.41) is 18.4. The Hall–Kier alpha value is -1.43. The number of hydrogen-bond acceptors (Lipinski definition) is 4. The Morgan fingerprint density at radius 3 is 2.95 bits per heavy atom. The fourth-order valence-corrected chi connectivity index (χ4v) is 2.31. The van der Waals surface area contributed by atoms with Gasteiger partial charge in [0.25, 0.3) is 0 Å². The maximum Gasteiger partial charge on any atom is 0.336 e. The van der Waals surface area contributed by atoms with Crippen molar-refractivity contribution in [2.45, 2.75) is 6.54 Å². The number of benzene rings is 1. The summed E-state index contributed by atoms with van der Waals surface area (Å²) in [5.41, 5.74) is 1.14. The van der Waals surface area contributed by atoms with Gasteiger partial charge in [-0.2, -0.15) is 0 Å². The lowest BCUT2D eigenvalue weighted by molar-refractivity contribution is 0.0694. The van der Waals surface area contributed by atoms with E-state index in [1.165, 1.54) is 0 Å². The SMILES string of the molecule is O=C(O)c1ccccc1CN1CCOCC(CO)C1. The monoisotopic (exact) mass is 265 g/mol. The van der Waals surface area contributed by atoms with E-state index < -0.39 is 5.97 Å². The van der Waals surface area contributed by atoms with Gasteiger partial charge in [-0.3, -0.25) is 4.90 Å². The van der Waals surface area contributed by atoms with Crippen molar-refractivity contribution in [1.82, 2.24) is 4.90 Å². The van der Waals surface area contributed by atoms with E-state index in [-0.39, 0.29) is 12.5 Å². The molecule has 1 aliphatic heterocycles. The second-order valence-electron chi connectivity index (χ2n) is 4.82. The summed E-state index contributed by atoms with van der Waals surface area (Å²) in [4.78, 5) is 13.3. The molecule has 0 saturated carbocycles. The maximum absolute atomic E-state index is 11.2. The molecule has 104 valence electrons. The fourth-order valence-electron chi connectivity index (χ4n) is 2.31. The highest BCUT2D eigenvalue weighted by atomic mass is 16.5. The Morgan fingerprint density at radius 1 is 1.42 bits per heavy atom. The van der Waals surface area contributed by atoms with Crippen LogP contribution in [-0.2, 0) is 11.3 Å². The van der Waals surface area contributed by atoms with Crippen LogP contribution < -0.4 is 0 Å². The second-order valence-corrected chi connectivity index (χ2v) is 4.82. The van der Waals surface area contributed by atoms with Crippen molar-refractivity contribution in [3.63, 3.8) is 0 Å². The minimum Gasteiger partial charge on any atom is -0.478 e. The number of carbonyl (C=O) groups is 1. The highest BCUT2D eigenvalue weighted by Crippen LogP contribution is 2.14. The predicted molar refractivity (Wildman–Crippen MR) is 70.1 cm³/mol. The lowest BCUT2D eigenvalue weighted by Crippen LogP contribution is -2.31. The van der Waals surface area contributed by atoms with E-state index in [0.29, 0.717) is 25.3 Å². The normalized spacial score (nSPS) is 21.0. The highest BCUT2D eigenvalue weighted by molar-refractivity contribution is 5.89. The molecule has 0 spiro atoms. The van der Waals surface area contributed by atoms with Crippen LogP contribution in [0.25, 0.3) is 0 Å². The molecule has 0 radical (unpaired) electrons. The number of aliphatic hydroxyl groups is 1. The number of carboxylic acid groups (broad SMARTS) is 1. The van der Waals surface area contributed by atoms with Crippen LogP contribution in [-0.4, -0.2) is 54.0 Å². The largest absolute Gasteiger partial charge is 0.478 e. The van der Waals surface area contributed by atoms with Gasteiger partial charge < -0.3 is 14.9 Å². The first-order chi connectivity index (χ1) is 9.20. The molecule has 1 saturated heterocycles. The molecule has 0 aliphatic carbocycles. The molecule has 0 bridgehead atoms. The summed E-state index contributed by atoms with van der Waals surface area (Å²) in [7, 11) is 0.